The molecule has 0 saturated carbocycles. The number of anilines is 2. The summed E-state index contributed by atoms with van der Waals surface area (Å²) >= 11 is 0. The van der Waals surface area contributed by atoms with Crippen molar-refractivity contribution in [1.29, 1.82) is 0 Å². The predicted molar refractivity (Wildman–Crippen MR) is 137 cm³/mol. The molecule has 0 atom stereocenters. The number of hydrogen-bond acceptors (Lipinski definition) is 6. The van der Waals surface area contributed by atoms with Crippen LogP contribution in [-0.4, -0.2) is 31.6 Å². The van der Waals surface area contributed by atoms with E-state index in [4.69, 9.17) is 9.78 Å². The molecule has 8 nitrogen and oxygen atoms in total. The maximum atomic E-state index is 13.2. The topological polar surface area (TPSA) is 87.2 Å². The molecule has 1 aliphatic heterocycles. The standard InChI is InChI=1S/C27H28N4O4/c1-5-34-35-17-20-11-15-22(16-12-20)31-27(33)24-18(2)23(26(32)28-25(24)29-31)8-6-7-19-9-13-21(14-10-19)30(3)4/h6-16H,5,17H2,1-4H3,(H,28,29,32)/b7-6+,23-8-. The van der Waals surface area contributed by atoms with Gasteiger partial charge in [-0.05, 0) is 60.9 Å². The fourth-order valence-electron chi connectivity index (χ4n) is 3.75. The molecule has 2 aromatic carbocycles. The number of nitrogens with zero attached hydrogens (tertiary/aromatic N) is 3. The summed E-state index contributed by atoms with van der Waals surface area (Å²) < 4.78 is 0. The van der Waals surface area contributed by atoms with E-state index >= 15 is 0 Å². The number of aromatic nitrogens is 1. The highest BCUT2D eigenvalue weighted by Crippen LogP contribution is 2.21. The summed E-state index contributed by atoms with van der Waals surface area (Å²) in [5.41, 5.74) is 4.57. The first kappa shape index (κ1) is 24.1. The van der Waals surface area contributed by atoms with Crippen LogP contribution in [0.3, 0.4) is 0 Å². The summed E-state index contributed by atoms with van der Waals surface area (Å²) in [6, 6.07) is 15.3. The zero-order valence-electron chi connectivity index (χ0n) is 20.2. The Hall–Kier alpha value is -4.01. The number of benzene rings is 2. The Morgan fingerprint density at radius 1 is 1.03 bits per heavy atom. The molecular weight excluding hydrogens is 444 g/mol. The number of hydrogen-bond donors (Lipinski definition) is 1. The fraction of sp³-hybridized carbons (Fsp3) is 0.222. The smallest absolute Gasteiger partial charge is 0.282 e. The molecule has 0 unspecified atom stereocenters. The van der Waals surface area contributed by atoms with Gasteiger partial charge in [0.1, 0.15) is 6.61 Å². The van der Waals surface area contributed by atoms with Gasteiger partial charge in [0.05, 0.1) is 17.9 Å². The highest BCUT2D eigenvalue weighted by Gasteiger charge is 2.28. The Morgan fingerprint density at radius 3 is 2.40 bits per heavy atom. The number of fused-ring (bicyclic) bond motifs is 1. The van der Waals surface area contributed by atoms with Gasteiger partial charge >= 0.3 is 0 Å². The highest BCUT2D eigenvalue weighted by molar-refractivity contribution is 6.07. The molecular formula is C27H28N4O4. The van der Waals surface area contributed by atoms with E-state index in [9.17, 15) is 9.59 Å². The molecule has 0 saturated heterocycles. The van der Waals surface area contributed by atoms with Crippen molar-refractivity contribution in [3.63, 3.8) is 0 Å². The third-order valence-corrected chi connectivity index (χ3v) is 5.67. The number of amides is 1. The van der Waals surface area contributed by atoms with Crippen LogP contribution in [0.4, 0.5) is 11.4 Å². The summed E-state index contributed by atoms with van der Waals surface area (Å²) in [5.74, 6) is -0.287. The van der Waals surface area contributed by atoms with E-state index in [-0.39, 0.29) is 17.0 Å². The van der Waals surface area contributed by atoms with Crippen LogP contribution in [0.5, 0.6) is 0 Å². The molecule has 0 aliphatic carbocycles. The van der Waals surface area contributed by atoms with Gasteiger partial charge in [-0.1, -0.05) is 36.4 Å². The van der Waals surface area contributed by atoms with E-state index in [1.807, 2.05) is 74.5 Å². The molecule has 1 N–H and O–H groups in total. The first-order valence-corrected chi connectivity index (χ1v) is 11.3. The van der Waals surface area contributed by atoms with Gasteiger partial charge in [0, 0.05) is 25.0 Å². The highest BCUT2D eigenvalue weighted by atomic mass is 17.2. The molecule has 35 heavy (non-hydrogen) atoms. The molecule has 1 amide bonds. The molecule has 2 heterocycles. The Morgan fingerprint density at radius 2 is 1.74 bits per heavy atom. The van der Waals surface area contributed by atoms with Gasteiger partial charge < -0.3 is 9.88 Å². The molecule has 8 heteroatoms. The van der Waals surface area contributed by atoms with Crippen molar-refractivity contribution < 1.29 is 14.6 Å². The second kappa shape index (κ2) is 10.5. The molecule has 4 rings (SSSR count). The SMILES string of the molecule is CCOOCc1ccc(N2N=c3[nH]c(=O)/c(=C\C=C\c4ccc(N(C)C)cc4)c(C)c3C2=O)cc1. The van der Waals surface area contributed by atoms with E-state index < -0.39 is 0 Å². The first-order valence-electron chi connectivity index (χ1n) is 11.3. The molecule has 0 fully saturated rings. The van der Waals surface area contributed by atoms with Gasteiger partial charge in [-0.2, -0.15) is 5.01 Å². The van der Waals surface area contributed by atoms with Gasteiger partial charge in [-0.3, -0.25) is 9.59 Å². The van der Waals surface area contributed by atoms with Crippen molar-refractivity contribution >= 4 is 29.4 Å². The summed E-state index contributed by atoms with van der Waals surface area (Å²) in [5, 5.41) is 6.09. The van der Waals surface area contributed by atoms with Gasteiger partial charge in [-0.15, -0.1) is 5.10 Å². The van der Waals surface area contributed by atoms with Crippen LogP contribution < -0.4 is 26.2 Å². The van der Waals surface area contributed by atoms with E-state index in [0.717, 1.165) is 16.8 Å². The van der Waals surface area contributed by atoms with E-state index in [1.54, 1.807) is 25.1 Å². The lowest BCUT2D eigenvalue weighted by molar-refractivity contribution is -0.300. The van der Waals surface area contributed by atoms with E-state index in [1.165, 1.54) is 5.01 Å². The molecule has 0 bridgehead atoms. The lowest BCUT2D eigenvalue weighted by atomic mass is 10.1. The Labute approximate surface area is 203 Å². The zero-order valence-corrected chi connectivity index (χ0v) is 20.2. The van der Waals surface area contributed by atoms with Crippen molar-refractivity contribution in [2.24, 2.45) is 5.10 Å². The zero-order chi connectivity index (χ0) is 24.9. The second-order valence-electron chi connectivity index (χ2n) is 8.28. The Kier molecular flexibility index (Phi) is 7.24. The van der Waals surface area contributed by atoms with Crippen LogP contribution >= 0.6 is 0 Å². The van der Waals surface area contributed by atoms with Crippen molar-refractivity contribution in [2.75, 3.05) is 30.6 Å². The number of nitrogens with one attached hydrogen (secondary N) is 1. The average molecular weight is 473 g/mol. The molecule has 1 aromatic heterocycles. The number of aromatic amines is 1. The maximum absolute atomic E-state index is 13.2. The van der Waals surface area contributed by atoms with Crippen molar-refractivity contribution in [2.45, 2.75) is 20.5 Å². The minimum Gasteiger partial charge on any atom is -0.378 e. The number of H-pyrrole nitrogens is 1. The van der Waals surface area contributed by atoms with Crippen LogP contribution in [0.15, 0.2) is 64.5 Å². The minimum absolute atomic E-state index is 0.265. The van der Waals surface area contributed by atoms with E-state index in [2.05, 4.69) is 10.1 Å². The third kappa shape index (κ3) is 5.24. The molecule has 0 spiro atoms. The lowest BCUT2D eigenvalue weighted by Gasteiger charge is -2.12. The van der Waals surface area contributed by atoms with Crippen molar-refractivity contribution in [3.8, 4) is 0 Å². The number of allylic oxidation sites excluding steroid dienone is 1. The maximum Gasteiger partial charge on any atom is 0.282 e. The van der Waals surface area contributed by atoms with Crippen LogP contribution in [0, 0.1) is 6.92 Å². The first-order chi connectivity index (χ1) is 16.9. The normalized spacial score (nSPS) is 13.4. The number of carbonyl (C=O) groups excluding carboxylic acids is 1. The number of pyridine rings is 1. The number of rotatable bonds is 8. The van der Waals surface area contributed by atoms with Crippen LogP contribution in [-0.2, 0) is 16.4 Å². The minimum atomic E-state index is -0.296. The molecule has 0 radical (unpaired) electrons. The average Bonchev–Trinajstić information content (AvgIpc) is 3.18. The summed E-state index contributed by atoms with van der Waals surface area (Å²) in [6.07, 6.45) is 5.45. The van der Waals surface area contributed by atoms with Crippen molar-refractivity contribution in [1.82, 2.24) is 4.98 Å². The molecule has 1 aliphatic rings. The van der Waals surface area contributed by atoms with E-state index in [0.29, 0.717) is 35.2 Å². The molecule has 3 aromatic rings. The summed E-state index contributed by atoms with van der Waals surface area (Å²) in [6.45, 7) is 4.38. The summed E-state index contributed by atoms with van der Waals surface area (Å²) in [7, 11) is 3.98. The monoisotopic (exact) mass is 472 g/mol. The molecule has 180 valence electrons. The predicted octanol–water partition coefficient (Wildman–Crippen LogP) is 2.91. The van der Waals surface area contributed by atoms with Crippen molar-refractivity contribution in [3.05, 3.63) is 97.9 Å². The Bertz CT molecular complexity index is 1420. The quantitative estimate of drug-likeness (QED) is 0.310. The van der Waals surface area contributed by atoms with Crippen LogP contribution in [0.25, 0.3) is 12.2 Å². The van der Waals surface area contributed by atoms with Gasteiger partial charge in [0.2, 0.25) is 0 Å². The largest absolute Gasteiger partial charge is 0.378 e. The van der Waals surface area contributed by atoms with Gasteiger partial charge in [0.25, 0.3) is 11.5 Å². The van der Waals surface area contributed by atoms with Crippen LogP contribution in [0.1, 0.15) is 34.0 Å². The number of carbonyl (C=O) groups is 1. The fourth-order valence-corrected chi connectivity index (χ4v) is 3.75. The van der Waals surface area contributed by atoms with Gasteiger partial charge in [-0.25, -0.2) is 9.78 Å². The lowest BCUT2D eigenvalue weighted by Crippen LogP contribution is -2.38. The summed E-state index contributed by atoms with van der Waals surface area (Å²) in [4.78, 5) is 40.7. The van der Waals surface area contributed by atoms with Gasteiger partial charge in [0.15, 0.2) is 5.49 Å². The Balaban J connectivity index is 1.58. The third-order valence-electron chi connectivity index (χ3n) is 5.67. The van der Waals surface area contributed by atoms with Crippen LogP contribution in [0.2, 0.25) is 0 Å². The second-order valence-corrected chi connectivity index (χ2v) is 8.28.